The Labute approximate surface area is 57.9 Å². The molecular formula is H2ClN3Na-. The molecule has 0 spiro atoms. The summed E-state index contributed by atoms with van der Waals surface area (Å²) >= 11 is 0. The van der Waals surface area contributed by atoms with E-state index in [1.165, 1.54) is 4.91 Å². The van der Waals surface area contributed by atoms with E-state index in [4.69, 9.17) is 11.1 Å². The Balaban J connectivity index is -0.0000000200. The van der Waals surface area contributed by atoms with Gasteiger partial charge in [0.25, 0.3) is 0 Å². The summed E-state index contributed by atoms with van der Waals surface area (Å²) in [7, 11) is 0. The van der Waals surface area contributed by atoms with E-state index in [1.54, 1.807) is 0 Å². The van der Waals surface area contributed by atoms with Gasteiger partial charge < -0.3 is 11.1 Å². The minimum atomic E-state index is 0. The van der Waals surface area contributed by atoms with Gasteiger partial charge in [-0.25, -0.2) is 0 Å². The van der Waals surface area contributed by atoms with E-state index < -0.39 is 0 Å². The molecule has 0 N–H and O–H groups in total. The van der Waals surface area contributed by atoms with Crippen molar-refractivity contribution in [1.29, 1.82) is 0 Å². The zero-order valence-corrected chi connectivity index (χ0v) is 2.57. The standard InChI is InChI=1S/ClH.N3.Na.H/c;1-3-2;;/h1H;;;/q;-1;;. The molecule has 0 bridgehead atoms. The Morgan fingerprint density at radius 3 is 1.20 bits per heavy atom. The molecule has 5 heteroatoms. The van der Waals surface area contributed by atoms with Crippen LogP contribution in [0.15, 0.2) is 0 Å². The topological polar surface area (TPSA) is 58.7 Å². The fourth-order valence-electron chi connectivity index (χ4n) is 0. The number of nitrogens with zero attached hydrogens (tertiary/aromatic N) is 3. The summed E-state index contributed by atoms with van der Waals surface area (Å²) in [5, 5.41) is 0. The van der Waals surface area contributed by atoms with Gasteiger partial charge in [0.1, 0.15) is 0 Å². The van der Waals surface area contributed by atoms with Gasteiger partial charge >= 0.3 is 29.6 Å². The van der Waals surface area contributed by atoms with E-state index >= 15 is 0 Å². The van der Waals surface area contributed by atoms with Crippen LogP contribution >= 0.6 is 12.4 Å². The van der Waals surface area contributed by atoms with Crippen molar-refractivity contribution in [1.82, 2.24) is 0 Å². The minimum absolute atomic E-state index is 0. The predicted octanol–water partition coefficient (Wildman–Crippen LogP) is 0.639. The number of hydrogen-bond donors (Lipinski definition) is 0. The van der Waals surface area contributed by atoms with Crippen LogP contribution in [0.2, 0.25) is 0 Å². The van der Waals surface area contributed by atoms with Gasteiger partial charge in [0, 0.05) is 0 Å². The van der Waals surface area contributed by atoms with E-state index in [0.29, 0.717) is 0 Å². The average Bonchev–Trinajstić information content (AvgIpc) is 0.918. The molecule has 0 rings (SSSR count). The number of hydrogen-bond acceptors (Lipinski definition) is 0. The zero-order valence-electron chi connectivity index (χ0n) is 1.75. The molecule has 26 valence electrons. The van der Waals surface area contributed by atoms with Crippen LogP contribution in [0.4, 0.5) is 0 Å². The number of halogens is 1. The molecule has 0 aromatic heterocycles. The summed E-state index contributed by atoms with van der Waals surface area (Å²) in [4.78, 5) is 1.50. The van der Waals surface area contributed by atoms with Crippen molar-refractivity contribution in [2.24, 2.45) is 0 Å². The Morgan fingerprint density at radius 1 is 1.20 bits per heavy atom. The average molecular weight is 102 g/mol. The van der Waals surface area contributed by atoms with Crippen molar-refractivity contribution in [2.75, 3.05) is 0 Å². The quantitative estimate of drug-likeness (QED) is 0.187. The molecule has 0 fully saturated rings. The van der Waals surface area contributed by atoms with Crippen LogP contribution in [0, 0.1) is 0 Å². The van der Waals surface area contributed by atoms with Crippen molar-refractivity contribution in [3.05, 3.63) is 16.0 Å². The van der Waals surface area contributed by atoms with Gasteiger partial charge in [0.15, 0.2) is 0 Å². The molecule has 0 saturated carbocycles. The van der Waals surface area contributed by atoms with Crippen molar-refractivity contribution in [3.63, 3.8) is 0 Å². The van der Waals surface area contributed by atoms with E-state index in [1.807, 2.05) is 0 Å². The summed E-state index contributed by atoms with van der Waals surface area (Å²) in [6.45, 7) is 0. The molecule has 0 aromatic carbocycles. The first-order valence-electron chi connectivity index (χ1n) is 0.400. The maximum atomic E-state index is 6.75. The molecule has 0 aliphatic heterocycles. The molecule has 0 amide bonds. The summed E-state index contributed by atoms with van der Waals surface area (Å²) in [5.41, 5.74) is 13.5. The third-order valence-corrected chi connectivity index (χ3v) is 0. The van der Waals surface area contributed by atoms with E-state index in [-0.39, 0.29) is 42.0 Å². The second-order valence-corrected chi connectivity index (χ2v) is 0.0894. The molecule has 3 nitrogen and oxygen atoms in total. The molecule has 0 heterocycles. The Kier molecular flexibility index (Phi) is 81.6. The van der Waals surface area contributed by atoms with Crippen LogP contribution in [-0.2, 0) is 0 Å². The molecule has 0 aliphatic rings. The van der Waals surface area contributed by atoms with Crippen LogP contribution in [0.5, 0.6) is 0 Å². The fraction of sp³-hybridized carbons (Fsp3) is 0. The van der Waals surface area contributed by atoms with Crippen LogP contribution < -0.4 is 0 Å². The molecule has 0 saturated heterocycles. The monoisotopic (exact) mass is 102 g/mol. The van der Waals surface area contributed by atoms with Crippen molar-refractivity contribution in [3.8, 4) is 0 Å². The Hall–Kier alpha value is 0.600. The van der Waals surface area contributed by atoms with Crippen molar-refractivity contribution >= 4 is 42.0 Å². The summed E-state index contributed by atoms with van der Waals surface area (Å²) in [6.07, 6.45) is 0. The molecule has 0 radical (unpaired) electrons. The Morgan fingerprint density at radius 2 is 1.20 bits per heavy atom. The van der Waals surface area contributed by atoms with E-state index in [2.05, 4.69) is 0 Å². The normalized spacial score (nSPS) is 1.60. The van der Waals surface area contributed by atoms with Crippen LogP contribution in [0.1, 0.15) is 0 Å². The Bertz CT molecular complexity index is 27.9. The predicted molar refractivity (Wildman–Crippen MR) is 24.5 cm³/mol. The van der Waals surface area contributed by atoms with Crippen LogP contribution in [0.25, 0.3) is 16.0 Å². The van der Waals surface area contributed by atoms with Gasteiger partial charge in [0.2, 0.25) is 0 Å². The van der Waals surface area contributed by atoms with Crippen molar-refractivity contribution < 1.29 is 0 Å². The third-order valence-electron chi connectivity index (χ3n) is 0. The SMILES string of the molecule is Cl.[N-]=[N+]=[N-].[NaH]. The summed E-state index contributed by atoms with van der Waals surface area (Å²) in [5.74, 6) is 0. The maximum absolute atomic E-state index is 6.75. The van der Waals surface area contributed by atoms with Crippen LogP contribution in [0.3, 0.4) is 0 Å². The van der Waals surface area contributed by atoms with E-state index in [0.717, 1.165) is 0 Å². The summed E-state index contributed by atoms with van der Waals surface area (Å²) in [6, 6.07) is 0. The first-order valence-corrected chi connectivity index (χ1v) is 0.400. The number of rotatable bonds is 0. The molecule has 0 aliphatic carbocycles. The first-order chi connectivity index (χ1) is 1.41. The fourth-order valence-corrected chi connectivity index (χ4v) is 0. The molecule has 0 aromatic rings. The van der Waals surface area contributed by atoms with Crippen LogP contribution in [-0.4, -0.2) is 29.6 Å². The second-order valence-electron chi connectivity index (χ2n) is 0.0894. The molecule has 0 atom stereocenters. The van der Waals surface area contributed by atoms with Gasteiger partial charge in [-0.2, -0.15) is 0 Å². The first kappa shape index (κ1) is 17.5. The molecular weight excluding hydrogens is 100 g/mol. The third kappa shape index (κ3) is 86.4. The van der Waals surface area contributed by atoms with Gasteiger partial charge in [-0.1, -0.05) is 0 Å². The van der Waals surface area contributed by atoms with Gasteiger partial charge in [-0.3, -0.25) is 4.91 Å². The van der Waals surface area contributed by atoms with Gasteiger partial charge in [-0.15, -0.1) is 12.4 Å². The van der Waals surface area contributed by atoms with Crippen molar-refractivity contribution in [2.45, 2.75) is 0 Å². The van der Waals surface area contributed by atoms with E-state index in [9.17, 15) is 0 Å². The second kappa shape index (κ2) is 23.3. The molecule has 0 unspecified atom stereocenters. The van der Waals surface area contributed by atoms with Gasteiger partial charge in [0.05, 0.1) is 0 Å². The molecule has 5 heavy (non-hydrogen) atoms. The zero-order chi connectivity index (χ0) is 2.71. The summed E-state index contributed by atoms with van der Waals surface area (Å²) < 4.78 is 0. The van der Waals surface area contributed by atoms with Gasteiger partial charge in [-0.05, 0) is 0 Å².